The maximum Gasteiger partial charge on any atom is 0.213 e. The summed E-state index contributed by atoms with van der Waals surface area (Å²) in [6, 6.07) is 4.88. The molecule has 0 aliphatic rings. The second-order valence-corrected chi connectivity index (χ2v) is 4.01. The molecule has 2 aromatic rings. The van der Waals surface area contributed by atoms with Gasteiger partial charge in [0, 0.05) is 5.56 Å². The predicted molar refractivity (Wildman–Crippen MR) is 70.0 cm³/mol. The van der Waals surface area contributed by atoms with E-state index >= 15 is 0 Å². The van der Waals surface area contributed by atoms with Crippen molar-refractivity contribution in [3.8, 4) is 11.5 Å². The van der Waals surface area contributed by atoms with Gasteiger partial charge in [0.1, 0.15) is 10.8 Å². The van der Waals surface area contributed by atoms with E-state index in [1.165, 1.54) is 26.6 Å². The number of ether oxygens (including phenoxy) is 2. The number of hydrogen-bond acceptors (Lipinski definition) is 5. The highest BCUT2D eigenvalue weighted by Gasteiger charge is 2.14. The van der Waals surface area contributed by atoms with Gasteiger partial charge in [-0.1, -0.05) is 11.6 Å². The van der Waals surface area contributed by atoms with Gasteiger partial charge in [-0.2, -0.15) is 0 Å². The van der Waals surface area contributed by atoms with Crippen LogP contribution in [0.25, 0.3) is 0 Å². The zero-order valence-corrected chi connectivity index (χ0v) is 11.1. The highest BCUT2D eigenvalue weighted by atomic mass is 35.5. The fourth-order valence-corrected chi connectivity index (χ4v) is 1.72. The summed E-state index contributed by atoms with van der Waals surface area (Å²) in [6.07, 6.45) is 2.73. The topological polar surface area (TPSA) is 61.3 Å². The third kappa shape index (κ3) is 2.82. The van der Waals surface area contributed by atoms with Gasteiger partial charge >= 0.3 is 0 Å². The van der Waals surface area contributed by atoms with Crippen LogP contribution < -0.4 is 9.47 Å². The Hall–Kier alpha value is -2.14. The summed E-state index contributed by atoms with van der Waals surface area (Å²) in [5.41, 5.74) is 0.605. The van der Waals surface area contributed by atoms with Crippen molar-refractivity contribution in [1.82, 2.24) is 9.97 Å². The number of methoxy groups -OCH3 is 2. The van der Waals surface area contributed by atoms with Crippen molar-refractivity contribution in [2.75, 3.05) is 14.2 Å². The number of ketones is 1. The normalized spacial score (nSPS) is 10.1. The predicted octanol–water partition coefficient (Wildman–Crippen LogP) is 2.38. The molecule has 1 aromatic carbocycles. The molecule has 0 bridgehead atoms. The van der Waals surface area contributed by atoms with E-state index in [0.717, 1.165) is 0 Å². The van der Waals surface area contributed by atoms with Crippen molar-refractivity contribution in [1.29, 1.82) is 0 Å². The third-order valence-corrected chi connectivity index (χ3v) is 2.67. The monoisotopic (exact) mass is 278 g/mol. The van der Waals surface area contributed by atoms with Gasteiger partial charge in [-0.3, -0.25) is 9.78 Å². The second kappa shape index (κ2) is 5.67. The maximum absolute atomic E-state index is 12.2. The molecule has 19 heavy (non-hydrogen) atoms. The van der Waals surface area contributed by atoms with Gasteiger partial charge in [-0.05, 0) is 18.2 Å². The van der Waals surface area contributed by atoms with Crippen molar-refractivity contribution in [3.63, 3.8) is 0 Å². The Morgan fingerprint density at radius 2 is 1.89 bits per heavy atom. The molecule has 98 valence electrons. The van der Waals surface area contributed by atoms with E-state index in [0.29, 0.717) is 17.1 Å². The Kier molecular flexibility index (Phi) is 3.97. The molecule has 0 saturated carbocycles. The van der Waals surface area contributed by atoms with Crippen molar-refractivity contribution in [2.45, 2.75) is 0 Å². The molecule has 0 amide bonds. The Morgan fingerprint density at radius 1 is 1.16 bits per heavy atom. The Bertz CT molecular complexity index is 617. The summed E-state index contributed by atoms with van der Waals surface area (Å²) in [5, 5.41) is 0.173. The lowest BCUT2D eigenvalue weighted by atomic mass is 10.1. The molecule has 0 saturated heterocycles. The molecular formula is C13H11ClN2O3. The van der Waals surface area contributed by atoms with Gasteiger partial charge in [-0.25, -0.2) is 4.98 Å². The number of halogens is 1. The average molecular weight is 279 g/mol. The van der Waals surface area contributed by atoms with Crippen LogP contribution >= 0.6 is 11.6 Å². The van der Waals surface area contributed by atoms with E-state index in [4.69, 9.17) is 21.1 Å². The number of nitrogens with zero attached hydrogens (tertiary/aromatic N) is 2. The fourth-order valence-electron chi connectivity index (χ4n) is 1.58. The van der Waals surface area contributed by atoms with Crippen LogP contribution in [0.5, 0.6) is 11.5 Å². The largest absolute Gasteiger partial charge is 0.493 e. The number of aromatic nitrogens is 2. The number of benzene rings is 1. The van der Waals surface area contributed by atoms with E-state index in [9.17, 15) is 4.79 Å². The van der Waals surface area contributed by atoms with E-state index in [1.54, 1.807) is 18.2 Å². The zero-order valence-electron chi connectivity index (χ0n) is 10.4. The summed E-state index contributed by atoms with van der Waals surface area (Å²) in [7, 11) is 3.03. The van der Waals surface area contributed by atoms with Gasteiger partial charge in [0.25, 0.3) is 0 Å². The molecule has 0 atom stereocenters. The van der Waals surface area contributed by atoms with Crippen LogP contribution in [0.3, 0.4) is 0 Å². The van der Waals surface area contributed by atoms with Crippen molar-refractivity contribution < 1.29 is 14.3 Å². The summed E-state index contributed by atoms with van der Waals surface area (Å²) in [4.78, 5) is 20.0. The van der Waals surface area contributed by atoms with Crippen LogP contribution in [0.4, 0.5) is 0 Å². The summed E-state index contributed by atoms with van der Waals surface area (Å²) in [6.45, 7) is 0. The first-order valence-electron chi connectivity index (χ1n) is 5.40. The number of carbonyl (C=O) groups is 1. The molecule has 0 fully saturated rings. The minimum absolute atomic E-state index is 0.173. The highest BCUT2D eigenvalue weighted by Crippen LogP contribution is 2.28. The molecule has 0 unspecified atom stereocenters. The zero-order chi connectivity index (χ0) is 13.8. The summed E-state index contributed by atoms with van der Waals surface area (Å²) >= 11 is 5.71. The summed E-state index contributed by atoms with van der Waals surface area (Å²) in [5.74, 6) is 0.746. The smallest absolute Gasteiger partial charge is 0.213 e. The van der Waals surface area contributed by atoms with Gasteiger partial charge in [0.15, 0.2) is 11.5 Å². The standard InChI is InChI=1S/C13H11ClN2O3/c1-18-10-4-3-8(5-11(10)19-2)13(17)9-6-15-7-12(14)16-9/h3-7H,1-2H3. The molecule has 0 N–H and O–H groups in total. The lowest BCUT2D eigenvalue weighted by Crippen LogP contribution is -2.05. The molecule has 0 spiro atoms. The number of rotatable bonds is 4. The molecular weight excluding hydrogens is 268 g/mol. The van der Waals surface area contributed by atoms with Crippen molar-refractivity contribution >= 4 is 17.4 Å². The van der Waals surface area contributed by atoms with Gasteiger partial charge < -0.3 is 9.47 Å². The van der Waals surface area contributed by atoms with E-state index in [2.05, 4.69) is 9.97 Å². The van der Waals surface area contributed by atoms with Gasteiger partial charge in [0.2, 0.25) is 5.78 Å². The van der Waals surface area contributed by atoms with Crippen LogP contribution in [0.15, 0.2) is 30.6 Å². The molecule has 0 aliphatic heterocycles. The molecule has 2 rings (SSSR count). The molecule has 0 aliphatic carbocycles. The van der Waals surface area contributed by atoms with Gasteiger partial charge in [-0.15, -0.1) is 0 Å². The lowest BCUT2D eigenvalue weighted by Gasteiger charge is -2.08. The minimum atomic E-state index is -0.282. The Morgan fingerprint density at radius 3 is 2.53 bits per heavy atom. The van der Waals surface area contributed by atoms with Crippen LogP contribution in [0, 0.1) is 0 Å². The van der Waals surface area contributed by atoms with E-state index < -0.39 is 0 Å². The van der Waals surface area contributed by atoms with Crippen LogP contribution in [-0.4, -0.2) is 30.0 Å². The Labute approximate surface area is 115 Å². The van der Waals surface area contributed by atoms with Gasteiger partial charge in [0.05, 0.1) is 26.6 Å². The first-order chi connectivity index (χ1) is 9.15. The molecule has 1 heterocycles. The van der Waals surface area contributed by atoms with Crippen molar-refractivity contribution in [2.24, 2.45) is 0 Å². The second-order valence-electron chi connectivity index (χ2n) is 3.63. The number of carbonyl (C=O) groups excluding carboxylic acids is 1. The maximum atomic E-state index is 12.2. The Balaban J connectivity index is 2.39. The molecule has 5 nitrogen and oxygen atoms in total. The molecule has 6 heteroatoms. The molecule has 0 radical (unpaired) electrons. The van der Waals surface area contributed by atoms with E-state index in [1.807, 2.05) is 0 Å². The van der Waals surface area contributed by atoms with E-state index in [-0.39, 0.29) is 16.6 Å². The highest BCUT2D eigenvalue weighted by molar-refractivity contribution is 6.29. The third-order valence-electron chi connectivity index (χ3n) is 2.48. The van der Waals surface area contributed by atoms with Crippen LogP contribution in [-0.2, 0) is 0 Å². The fraction of sp³-hybridized carbons (Fsp3) is 0.154. The SMILES string of the molecule is COc1ccc(C(=O)c2cncc(Cl)n2)cc1OC. The first-order valence-corrected chi connectivity index (χ1v) is 5.77. The minimum Gasteiger partial charge on any atom is -0.493 e. The summed E-state index contributed by atoms with van der Waals surface area (Å²) < 4.78 is 10.3. The quantitative estimate of drug-likeness (QED) is 0.804. The van der Waals surface area contributed by atoms with Crippen LogP contribution in [0.1, 0.15) is 16.1 Å². The first kappa shape index (κ1) is 13.3. The molecule has 1 aromatic heterocycles. The lowest BCUT2D eigenvalue weighted by molar-refractivity contribution is 0.103. The average Bonchev–Trinajstić information content (AvgIpc) is 2.45. The van der Waals surface area contributed by atoms with Crippen LogP contribution in [0.2, 0.25) is 5.15 Å². The van der Waals surface area contributed by atoms with Crippen molar-refractivity contribution in [3.05, 3.63) is 47.0 Å². The number of hydrogen-bond donors (Lipinski definition) is 0.